The lowest BCUT2D eigenvalue weighted by atomic mass is 10.0. The lowest BCUT2D eigenvalue weighted by Crippen LogP contribution is -2.06. The summed E-state index contributed by atoms with van der Waals surface area (Å²) in [6.07, 6.45) is 3.79. The normalized spacial score (nSPS) is 30.2. The van der Waals surface area contributed by atoms with Gasteiger partial charge >= 0.3 is 0 Å². The maximum Gasteiger partial charge on any atom is 0.0306 e. The Labute approximate surface area is 79.2 Å². The van der Waals surface area contributed by atoms with Crippen LogP contribution in [0.3, 0.4) is 0 Å². The Bertz CT molecular complexity index is 331. The van der Waals surface area contributed by atoms with Crippen LogP contribution in [-0.2, 0) is 0 Å². The first-order chi connectivity index (χ1) is 6.05. The second-order valence-corrected chi connectivity index (χ2v) is 4.56. The van der Waals surface area contributed by atoms with E-state index in [-0.39, 0.29) is 5.41 Å². The molecule has 0 aliphatic heterocycles. The van der Waals surface area contributed by atoms with E-state index >= 15 is 0 Å². The molecular weight excluding hydrogens is 160 g/mol. The fourth-order valence-electron chi connectivity index (χ4n) is 2.07. The number of nitrogens with zero attached hydrogens (tertiary/aromatic N) is 1. The molecule has 2 heteroatoms. The fraction of sp³-hybridized carbons (Fsp3) is 0.545. The van der Waals surface area contributed by atoms with Crippen LogP contribution < -0.4 is 5.73 Å². The molecule has 0 radical (unpaired) electrons. The number of aromatic nitrogens is 1. The van der Waals surface area contributed by atoms with Crippen molar-refractivity contribution in [3.63, 3.8) is 0 Å². The molecule has 13 heavy (non-hydrogen) atoms. The number of hydrogen-bond acceptors (Lipinski definition) is 2. The number of nitrogens with two attached hydrogens (primary N) is 1. The summed E-state index contributed by atoms with van der Waals surface area (Å²) in [5.41, 5.74) is 8.90. The summed E-state index contributed by atoms with van der Waals surface area (Å²) in [7, 11) is 0. The summed E-state index contributed by atoms with van der Waals surface area (Å²) in [6.45, 7) is 6.56. The van der Waals surface area contributed by atoms with Crippen molar-refractivity contribution < 1.29 is 0 Å². The molecule has 0 aromatic carbocycles. The highest BCUT2D eigenvalue weighted by atomic mass is 14.8. The van der Waals surface area contributed by atoms with Crippen molar-refractivity contribution in [2.75, 3.05) is 0 Å². The Kier molecular flexibility index (Phi) is 1.70. The second-order valence-electron chi connectivity index (χ2n) is 4.56. The van der Waals surface area contributed by atoms with Crippen molar-refractivity contribution >= 4 is 0 Å². The summed E-state index contributed by atoms with van der Waals surface area (Å²) in [4.78, 5) is 4.15. The molecule has 2 N–H and O–H groups in total. The highest BCUT2D eigenvalue weighted by Gasteiger charge is 2.56. The molecule has 0 spiro atoms. The van der Waals surface area contributed by atoms with Crippen LogP contribution in [-0.4, -0.2) is 11.0 Å². The van der Waals surface area contributed by atoms with E-state index in [1.165, 1.54) is 11.1 Å². The van der Waals surface area contributed by atoms with Gasteiger partial charge in [0.05, 0.1) is 0 Å². The van der Waals surface area contributed by atoms with E-state index in [4.69, 9.17) is 5.73 Å². The van der Waals surface area contributed by atoms with Crippen molar-refractivity contribution in [1.29, 1.82) is 0 Å². The van der Waals surface area contributed by atoms with Crippen molar-refractivity contribution in [2.24, 2.45) is 11.1 Å². The van der Waals surface area contributed by atoms with Gasteiger partial charge in [-0.15, -0.1) is 0 Å². The van der Waals surface area contributed by atoms with E-state index in [1.54, 1.807) is 0 Å². The maximum atomic E-state index is 6.02. The smallest absolute Gasteiger partial charge is 0.0306 e. The second kappa shape index (κ2) is 2.55. The summed E-state index contributed by atoms with van der Waals surface area (Å²) in [5.74, 6) is 0.501. The third kappa shape index (κ3) is 1.17. The minimum atomic E-state index is 0.258. The van der Waals surface area contributed by atoms with E-state index in [9.17, 15) is 0 Å². The molecule has 2 nitrogen and oxygen atoms in total. The van der Waals surface area contributed by atoms with Crippen LogP contribution in [0.25, 0.3) is 0 Å². The lowest BCUT2D eigenvalue weighted by Gasteiger charge is -2.05. The van der Waals surface area contributed by atoms with Gasteiger partial charge in [0.15, 0.2) is 0 Å². The summed E-state index contributed by atoms with van der Waals surface area (Å²) in [6, 6.07) is 2.35. The largest absolute Gasteiger partial charge is 0.327 e. The highest BCUT2D eigenvalue weighted by Crippen LogP contribution is 2.57. The summed E-state index contributed by atoms with van der Waals surface area (Å²) >= 11 is 0. The number of rotatable bonds is 1. The van der Waals surface area contributed by atoms with Gasteiger partial charge in [-0.25, -0.2) is 0 Å². The zero-order valence-electron chi connectivity index (χ0n) is 8.41. The van der Waals surface area contributed by atoms with Crippen molar-refractivity contribution in [3.8, 4) is 0 Å². The molecule has 1 aromatic rings. The SMILES string of the molecule is Cc1ccncc1C1C(N)C1(C)C. The summed E-state index contributed by atoms with van der Waals surface area (Å²) in [5, 5.41) is 0. The third-order valence-electron chi connectivity index (χ3n) is 3.33. The monoisotopic (exact) mass is 176 g/mol. The molecule has 1 heterocycles. The first-order valence-electron chi connectivity index (χ1n) is 4.71. The predicted octanol–water partition coefficient (Wildman–Crippen LogP) is 1.84. The molecule has 0 bridgehead atoms. The first kappa shape index (κ1) is 8.70. The Morgan fingerprint density at radius 1 is 1.46 bits per heavy atom. The summed E-state index contributed by atoms with van der Waals surface area (Å²) < 4.78 is 0. The van der Waals surface area contributed by atoms with Gasteiger partial charge in [0.25, 0.3) is 0 Å². The van der Waals surface area contributed by atoms with Crippen LogP contribution in [0.15, 0.2) is 18.5 Å². The van der Waals surface area contributed by atoms with Gasteiger partial charge in [-0.1, -0.05) is 13.8 Å². The molecule has 1 saturated carbocycles. The lowest BCUT2D eigenvalue weighted by molar-refractivity contribution is 0.598. The van der Waals surface area contributed by atoms with Gasteiger partial charge < -0.3 is 5.73 Å². The Morgan fingerprint density at radius 3 is 2.54 bits per heavy atom. The van der Waals surface area contributed by atoms with Crippen molar-refractivity contribution in [1.82, 2.24) is 4.98 Å². The molecule has 1 aliphatic rings. The molecule has 70 valence electrons. The predicted molar refractivity (Wildman–Crippen MR) is 53.5 cm³/mol. The highest BCUT2D eigenvalue weighted by molar-refractivity contribution is 5.37. The van der Waals surface area contributed by atoms with Gasteiger partial charge in [0, 0.05) is 24.4 Å². The average Bonchev–Trinajstić information content (AvgIpc) is 2.54. The third-order valence-corrected chi connectivity index (χ3v) is 3.33. The molecule has 2 unspecified atom stereocenters. The number of pyridine rings is 1. The van der Waals surface area contributed by atoms with E-state index in [0.717, 1.165) is 0 Å². The molecule has 1 aliphatic carbocycles. The van der Waals surface area contributed by atoms with Crippen molar-refractivity contribution in [2.45, 2.75) is 32.7 Å². The Hall–Kier alpha value is -0.890. The molecule has 1 aromatic heterocycles. The zero-order valence-corrected chi connectivity index (χ0v) is 8.41. The van der Waals surface area contributed by atoms with Crippen LogP contribution >= 0.6 is 0 Å². The standard InChI is InChI=1S/C11H16N2/c1-7-4-5-13-6-8(7)9-10(12)11(9,2)3/h4-6,9-10H,12H2,1-3H3. The van der Waals surface area contributed by atoms with Crippen LogP contribution in [0.2, 0.25) is 0 Å². The number of hydrogen-bond donors (Lipinski definition) is 1. The Balaban J connectivity index is 2.34. The van der Waals surface area contributed by atoms with Gasteiger partial charge in [-0.05, 0) is 29.5 Å². The van der Waals surface area contributed by atoms with E-state index in [2.05, 4.69) is 31.8 Å². The van der Waals surface area contributed by atoms with Crippen molar-refractivity contribution in [3.05, 3.63) is 29.6 Å². The number of aryl methyl sites for hydroxylation is 1. The topological polar surface area (TPSA) is 38.9 Å². The minimum Gasteiger partial charge on any atom is -0.327 e. The first-order valence-corrected chi connectivity index (χ1v) is 4.71. The average molecular weight is 176 g/mol. The van der Waals surface area contributed by atoms with Crippen LogP contribution in [0.5, 0.6) is 0 Å². The molecular formula is C11H16N2. The van der Waals surface area contributed by atoms with Crippen LogP contribution in [0.1, 0.15) is 30.9 Å². The van der Waals surface area contributed by atoms with Gasteiger partial charge in [0.2, 0.25) is 0 Å². The molecule has 0 amide bonds. The maximum absolute atomic E-state index is 6.02. The van der Waals surface area contributed by atoms with Crippen LogP contribution in [0.4, 0.5) is 0 Å². The molecule has 1 fully saturated rings. The van der Waals surface area contributed by atoms with Gasteiger partial charge in [-0.3, -0.25) is 4.98 Å². The quantitative estimate of drug-likeness (QED) is 0.709. The molecule has 0 saturated heterocycles. The van der Waals surface area contributed by atoms with Gasteiger partial charge in [-0.2, -0.15) is 0 Å². The molecule has 2 rings (SSSR count). The minimum absolute atomic E-state index is 0.258. The molecule has 2 atom stereocenters. The Morgan fingerprint density at radius 2 is 2.08 bits per heavy atom. The van der Waals surface area contributed by atoms with Crippen LogP contribution in [0, 0.1) is 12.3 Å². The van der Waals surface area contributed by atoms with Gasteiger partial charge in [0.1, 0.15) is 0 Å². The van der Waals surface area contributed by atoms with E-state index < -0.39 is 0 Å². The fourth-order valence-corrected chi connectivity index (χ4v) is 2.07. The zero-order chi connectivity index (χ0) is 9.64. The van der Waals surface area contributed by atoms with E-state index in [1.807, 2.05) is 12.4 Å². The van der Waals surface area contributed by atoms with E-state index in [0.29, 0.717) is 12.0 Å².